The number of anilines is 1. The largest absolute Gasteiger partial charge is 0.416 e. The van der Waals surface area contributed by atoms with E-state index in [1.807, 2.05) is 36.7 Å². The van der Waals surface area contributed by atoms with Gasteiger partial charge in [0.25, 0.3) is 5.56 Å². The van der Waals surface area contributed by atoms with Gasteiger partial charge in [-0.15, -0.1) is 22.7 Å². The molecule has 0 radical (unpaired) electrons. The molecular weight excluding hydrogens is 764 g/mol. The van der Waals surface area contributed by atoms with Gasteiger partial charge in [0.05, 0.1) is 44.3 Å². The number of hydrogen-bond donors (Lipinski definition) is 2. The molecule has 5 heterocycles. The molecule has 11 nitrogen and oxygen atoms in total. The number of nitrogens with zero attached hydrogens (tertiary/aromatic N) is 5. The lowest BCUT2D eigenvalue weighted by molar-refractivity contribution is -0.137. The molecule has 2 aliphatic rings. The van der Waals surface area contributed by atoms with Gasteiger partial charge in [-0.05, 0) is 76.8 Å². The van der Waals surface area contributed by atoms with E-state index < -0.39 is 23.0 Å². The fraction of sp³-hybridized carbons (Fsp3) is 0.250. The second-order valence-electron chi connectivity index (χ2n) is 13.6. The molecule has 7 rings (SSSR count). The Balaban J connectivity index is 0.978. The molecule has 2 aliphatic heterocycles. The summed E-state index contributed by atoms with van der Waals surface area (Å²) in [4.78, 5) is 62.9. The zero-order valence-corrected chi connectivity index (χ0v) is 31.9. The Morgan fingerprint density at radius 1 is 0.804 bits per heavy atom. The minimum atomic E-state index is -4.61. The lowest BCUT2D eigenvalue weighted by Gasteiger charge is -2.20. The van der Waals surface area contributed by atoms with Crippen molar-refractivity contribution in [2.75, 3.05) is 11.9 Å². The highest BCUT2D eigenvalue weighted by Crippen LogP contribution is 2.34. The SMILES string of the molecule is CC(C)Cn1c2nc(=O)n(Cc3ccc(NC(=O)CCC(=O)NCCn4c(-c5cccs5)ccc4-c4cccs4)cc3)c(=O)c-2nc2cc(C(F)(F)F)ccc21. The van der Waals surface area contributed by atoms with Gasteiger partial charge >= 0.3 is 11.9 Å². The number of aromatic nitrogens is 5. The van der Waals surface area contributed by atoms with Gasteiger partial charge in [0, 0.05) is 38.2 Å². The predicted molar refractivity (Wildman–Crippen MR) is 212 cm³/mol. The highest BCUT2D eigenvalue weighted by molar-refractivity contribution is 7.14. The number of fused-ring (bicyclic) bond motifs is 2. The minimum absolute atomic E-state index is 0.00331. The van der Waals surface area contributed by atoms with E-state index in [0.717, 1.165) is 37.8 Å². The number of carbonyl (C=O) groups excluding carboxylic acids is 2. The van der Waals surface area contributed by atoms with Crippen molar-refractivity contribution in [1.82, 2.24) is 29.0 Å². The van der Waals surface area contributed by atoms with Gasteiger partial charge in [-0.1, -0.05) is 38.1 Å². The van der Waals surface area contributed by atoms with Crippen LogP contribution >= 0.6 is 22.7 Å². The maximum absolute atomic E-state index is 13.6. The second kappa shape index (κ2) is 16.1. The molecule has 0 saturated carbocycles. The summed E-state index contributed by atoms with van der Waals surface area (Å²) in [6.07, 6.45) is -4.66. The smallest absolute Gasteiger partial charge is 0.354 e. The van der Waals surface area contributed by atoms with E-state index in [2.05, 4.69) is 49.4 Å². The van der Waals surface area contributed by atoms with Crippen LogP contribution in [0.5, 0.6) is 0 Å². The van der Waals surface area contributed by atoms with Crippen molar-refractivity contribution in [2.24, 2.45) is 5.92 Å². The molecule has 0 saturated heterocycles. The van der Waals surface area contributed by atoms with Crippen molar-refractivity contribution in [3.8, 4) is 32.7 Å². The molecule has 2 aromatic carbocycles. The molecule has 0 fully saturated rings. The number of halogens is 3. The Kier molecular flexibility index (Phi) is 11.0. The quantitative estimate of drug-likeness (QED) is 0.116. The van der Waals surface area contributed by atoms with Crippen LogP contribution in [-0.2, 0) is 35.4 Å². The third kappa shape index (κ3) is 8.35. The van der Waals surface area contributed by atoms with Gasteiger partial charge in [0.1, 0.15) is 0 Å². The van der Waals surface area contributed by atoms with Crippen molar-refractivity contribution in [1.29, 1.82) is 0 Å². The highest BCUT2D eigenvalue weighted by Gasteiger charge is 2.32. The predicted octanol–water partition coefficient (Wildman–Crippen LogP) is 7.57. The van der Waals surface area contributed by atoms with Crippen LogP contribution in [-0.4, -0.2) is 42.0 Å². The highest BCUT2D eigenvalue weighted by atomic mass is 32.1. The third-order valence-electron chi connectivity index (χ3n) is 9.06. The average Bonchev–Trinajstić information content (AvgIpc) is 3.96. The molecule has 0 unspecified atom stereocenters. The van der Waals surface area contributed by atoms with Gasteiger partial charge in [-0.25, -0.2) is 9.78 Å². The molecule has 16 heteroatoms. The summed E-state index contributed by atoms with van der Waals surface area (Å²) in [6.45, 7) is 4.84. The van der Waals surface area contributed by atoms with Gasteiger partial charge in [-0.3, -0.25) is 19.0 Å². The number of amides is 2. The van der Waals surface area contributed by atoms with E-state index in [-0.39, 0.29) is 60.7 Å². The van der Waals surface area contributed by atoms with Crippen LogP contribution in [0.2, 0.25) is 0 Å². The first-order valence-corrected chi connectivity index (χ1v) is 19.6. The van der Waals surface area contributed by atoms with Gasteiger partial charge in [-0.2, -0.15) is 18.2 Å². The zero-order valence-electron chi connectivity index (χ0n) is 30.3. The normalized spacial score (nSPS) is 11.8. The van der Waals surface area contributed by atoms with Crippen molar-refractivity contribution in [2.45, 2.75) is 52.5 Å². The fourth-order valence-electron chi connectivity index (χ4n) is 6.45. The standard InChI is InChI=1S/C40H36F3N7O4S2/c1-24(2)22-49-29-12-9-26(40(41,42)43)21-28(29)46-36-37(49)47-39(54)50(38(36)53)23-25-7-10-27(11-8-25)45-35(52)16-15-34(51)44-17-18-48-30(32-5-3-19-55-32)13-14-31(48)33-6-4-20-56-33/h3-14,19-21,24H,15-18,22-23H2,1-2H3,(H,44,51)(H,45,52). The van der Waals surface area contributed by atoms with E-state index in [4.69, 9.17) is 0 Å². The summed E-state index contributed by atoms with van der Waals surface area (Å²) in [6, 6.07) is 21.9. The first-order chi connectivity index (χ1) is 26.9. The second-order valence-corrected chi connectivity index (χ2v) is 15.5. The van der Waals surface area contributed by atoms with Crippen molar-refractivity contribution >= 4 is 51.2 Å². The number of alkyl halides is 3. The molecule has 2 amide bonds. The minimum Gasteiger partial charge on any atom is -0.354 e. The fourth-order valence-corrected chi connectivity index (χ4v) is 7.97. The molecular formula is C40H36F3N7O4S2. The summed E-state index contributed by atoms with van der Waals surface area (Å²) < 4.78 is 45.2. The van der Waals surface area contributed by atoms with E-state index in [9.17, 15) is 32.3 Å². The summed E-state index contributed by atoms with van der Waals surface area (Å²) >= 11 is 3.30. The summed E-state index contributed by atoms with van der Waals surface area (Å²) in [5, 5.41) is 9.74. The van der Waals surface area contributed by atoms with Crippen molar-refractivity contribution in [3.63, 3.8) is 0 Å². The molecule has 2 N–H and O–H groups in total. The molecule has 0 spiro atoms. The Bertz CT molecular complexity index is 2540. The van der Waals surface area contributed by atoms with Crippen LogP contribution in [0.25, 0.3) is 43.7 Å². The number of thiophene rings is 2. The van der Waals surface area contributed by atoms with Crippen LogP contribution < -0.4 is 21.9 Å². The van der Waals surface area contributed by atoms with Crippen molar-refractivity contribution in [3.05, 3.63) is 122 Å². The first kappa shape index (κ1) is 38.4. The van der Waals surface area contributed by atoms with E-state index in [1.54, 1.807) is 51.5 Å². The van der Waals surface area contributed by atoms with Crippen molar-refractivity contribution < 1.29 is 22.8 Å². The zero-order chi connectivity index (χ0) is 39.6. The molecule has 56 heavy (non-hydrogen) atoms. The molecule has 0 bridgehead atoms. The molecule has 3 aromatic heterocycles. The maximum atomic E-state index is 13.6. The molecule has 288 valence electrons. The maximum Gasteiger partial charge on any atom is 0.416 e. The number of nitrogens with one attached hydrogen (secondary N) is 2. The Morgan fingerprint density at radius 2 is 1.46 bits per heavy atom. The summed E-state index contributed by atoms with van der Waals surface area (Å²) in [5.74, 6) is -0.602. The van der Waals surface area contributed by atoms with Gasteiger partial charge in [0.2, 0.25) is 11.8 Å². The van der Waals surface area contributed by atoms with E-state index in [0.29, 0.717) is 29.9 Å². The van der Waals surface area contributed by atoms with Crippen LogP contribution in [0.4, 0.5) is 18.9 Å². The van der Waals surface area contributed by atoms with E-state index >= 15 is 0 Å². The first-order valence-electron chi connectivity index (χ1n) is 17.8. The van der Waals surface area contributed by atoms with Gasteiger partial charge in [0.15, 0.2) is 11.5 Å². The summed E-state index contributed by atoms with van der Waals surface area (Å²) in [5.41, 5.74) is 0.658. The Hall–Kier alpha value is -5.87. The Labute approximate surface area is 326 Å². The topological polar surface area (TPSA) is 133 Å². The van der Waals surface area contributed by atoms with Crippen LogP contribution in [0.1, 0.15) is 37.8 Å². The third-order valence-corrected chi connectivity index (χ3v) is 10.8. The lowest BCUT2D eigenvalue weighted by atomic mass is 10.1. The average molecular weight is 800 g/mol. The molecule has 0 atom stereocenters. The van der Waals surface area contributed by atoms with Crippen LogP contribution in [0.3, 0.4) is 0 Å². The number of rotatable bonds is 13. The summed E-state index contributed by atoms with van der Waals surface area (Å²) in [7, 11) is 0. The number of carbonyl (C=O) groups is 2. The van der Waals surface area contributed by atoms with Gasteiger partial charge < -0.3 is 19.8 Å². The lowest BCUT2D eigenvalue weighted by Crippen LogP contribution is -2.39. The van der Waals surface area contributed by atoms with Crippen LogP contribution in [0.15, 0.2) is 99.2 Å². The Morgan fingerprint density at radius 3 is 2.07 bits per heavy atom. The molecule has 5 aromatic rings. The number of benzene rings is 2. The monoisotopic (exact) mass is 799 g/mol. The number of hydrogen-bond acceptors (Lipinski definition) is 8. The van der Waals surface area contributed by atoms with E-state index in [1.165, 1.54) is 6.07 Å². The molecule has 0 aliphatic carbocycles. The van der Waals surface area contributed by atoms with Crippen LogP contribution in [0, 0.1) is 5.92 Å².